The van der Waals surface area contributed by atoms with Gasteiger partial charge in [-0.2, -0.15) is 5.10 Å². The third-order valence-electron chi connectivity index (χ3n) is 1.90. The number of anilines is 1. The lowest BCUT2D eigenvalue weighted by Gasteiger charge is -1.99. The molecule has 0 unspecified atom stereocenters. The zero-order valence-corrected chi connectivity index (χ0v) is 7.72. The van der Waals surface area contributed by atoms with Gasteiger partial charge in [0.15, 0.2) is 0 Å². The molecule has 0 aliphatic carbocycles. The van der Waals surface area contributed by atoms with Crippen LogP contribution in [0.3, 0.4) is 0 Å². The van der Waals surface area contributed by atoms with Gasteiger partial charge >= 0.3 is 0 Å². The molecule has 1 amide bonds. The topological polar surface area (TPSA) is 46.9 Å². The Bertz CT molecular complexity index is 464. The normalized spacial score (nSPS) is 9.93. The van der Waals surface area contributed by atoms with Gasteiger partial charge in [-0.1, -0.05) is 0 Å². The number of benzene rings is 1. The Kier molecular flexibility index (Phi) is 2.45. The van der Waals surface area contributed by atoms with E-state index in [-0.39, 0.29) is 5.82 Å². The number of aromatic nitrogens is 2. The van der Waals surface area contributed by atoms with Crippen LogP contribution in [0.15, 0.2) is 36.7 Å². The van der Waals surface area contributed by atoms with E-state index >= 15 is 0 Å². The minimum atomic E-state index is -0.294. The van der Waals surface area contributed by atoms with Crippen molar-refractivity contribution in [1.29, 1.82) is 0 Å². The fourth-order valence-electron chi connectivity index (χ4n) is 1.20. The van der Waals surface area contributed by atoms with Crippen LogP contribution in [0.1, 0.15) is 0 Å². The highest BCUT2D eigenvalue weighted by atomic mass is 19.1. The summed E-state index contributed by atoms with van der Waals surface area (Å²) in [6, 6.07) is 5.91. The lowest BCUT2D eigenvalue weighted by molar-refractivity contribution is -0.105. The molecule has 1 aromatic carbocycles. The molecule has 0 atom stereocenters. The summed E-state index contributed by atoms with van der Waals surface area (Å²) in [6.45, 7) is 0. The number of amides is 1. The fourth-order valence-corrected chi connectivity index (χ4v) is 1.20. The number of nitrogens with one attached hydrogen (secondary N) is 1. The molecule has 1 heterocycles. The van der Waals surface area contributed by atoms with Gasteiger partial charge in [0, 0.05) is 0 Å². The zero-order chi connectivity index (χ0) is 10.7. The lowest BCUT2D eigenvalue weighted by atomic mass is 10.3. The monoisotopic (exact) mass is 205 g/mol. The van der Waals surface area contributed by atoms with Crippen molar-refractivity contribution in [2.24, 2.45) is 0 Å². The quantitative estimate of drug-likeness (QED) is 0.773. The first-order valence-corrected chi connectivity index (χ1v) is 4.30. The zero-order valence-electron chi connectivity index (χ0n) is 7.72. The first kappa shape index (κ1) is 9.39. The number of halogens is 1. The lowest BCUT2D eigenvalue weighted by Crippen LogP contribution is -1.94. The van der Waals surface area contributed by atoms with Crippen LogP contribution >= 0.6 is 0 Å². The maximum Gasteiger partial charge on any atom is 0.211 e. The summed E-state index contributed by atoms with van der Waals surface area (Å²) in [5.74, 6) is -0.294. The molecule has 0 fully saturated rings. The van der Waals surface area contributed by atoms with E-state index in [4.69, 9.17) is 0 Å². The van der Waals surface area contributed by atoms with Gasteiger partial charge in [-0.05, 0) is 24.3 Å². The summed E-state index contributed by atoms with van der Waals surface area (Å²) in [7, 11) is 0. The molecule has 5 heteroatoms. The number of hydrogen-bond donors (Lipinski definition) is 1. The molecule has 0 aliphatic rings. The van der Waals surface area contributed by atoms with Gasteiger partial charge in [-0.25, -0.2) is 9.07 Å². The Balaban J connectivity index is 2.28. The fraction of sp³-hybridized carbons (Fsp3) is 0. The third kappa shape index (κ3) is 2.01. The van der Waals surface area contributed by atoms with Crippen LogP contribution in [0.4, 0.5) is 10.1 Å². The van der Waals surface area contributed by atoms with Crippen LogP contribution < -0.4 is 5.32 Å². The van der Waals surface area contributed by atoms with Crippen molar-refractivity contribution in [3.8, 4) is 5.69 Å². The molecule has 0 saturated carbocycles. The highest BCUT2D eigenvalue weighted by molar-refractivity contribution is 5.70. The van der Waals surface area contributed by atoms with Crippen molar-refractivity contribution in [2.75, 3.05) is 5.32 Å². The average molecular weight is 205 g/mol. The average Bonchev–Trinajstić information content (AvgIpc) is 2.68. The molecular formula is C10H8FN3O. The van der Waals surface area contributed by atoms with E-state index in [2.05, 4.69) is 10.4 Å². The largest absolute Gasteiger partial charge is 0.326 e. The second kappa shape index (κ2) is 3.91. The van der Waals surface area contributed by atoms with Gasteiger partial charge in [0.05, 0.1) is 23.8 Å². The van der Waals surface area contributed by atoms with E-state index in [9.17, 15) is 9.18 Å². The number of hydrogen-bond acceptors (Lipinski definition) is 2. The molecule has 0 spiro atoms. The highest BCUT2D eigenvalue weighted by Crippen LogP contribution is 2.11. The SMILES string of the molecule is O=CNc1cnn(-c2ccc(F)cc2)c1. The maximum absolute atomic E-state index is 12.6. The van der Waals surface area contributed by atoms with Crippen LogP contribution in [0.5, 0.6) is 0 Å². The molecule has 15 heavy (non-hydrogen) atoms. The molecular weight excluding hydrogens is 197 g/mol. The van der Waals surface area contributed by atoms with Crippen molar-refractivity contribution in [3.05, 3.63) is 42.5 Å². The van der Waals surface area contributed by atoms with E-state index in [1.807, 2.05) is 0 Å². The van der Waals surface area contributed by atoms with E-state index < -0.39 is 0 Å². The highest BCUT2D eigenvalue weighted by Gasteiger charge is 1.99. The van der Waals surface area contributed by atoms with Crippen molar-refractivity contribution in [1.82, 2.24) is 9.78 Å². The Hall–Kier alpha value is -2.17. The molecule has 0 radical (unpaired) electrons. The Labute approximate surface area is 85.3 Å². The molecule has 1 N–H and O–H groups in total. The van der Waals surface area contributed by atoms with Crippen molar-refractivity contribution in [3.63, 3.8) is 0 Å². The minimum absolute atomic E-state index is 0.294. The molecule has 76 valence electrons. The number of rotatable bonds is 3. The van der Waals surface area contributed by atoms with Gasteiger partial charge in [0.2, 0.25) is 6.41 Å². The molecule has 1 aromatic heterocycles. The van der Waals surface area contributed by atoms with Gasteiger partial charge in [0.1, 0.15) is 5.82 Å². The summed E-state index contributed by atoms with van der Waals surface area (Å²) in [4.78, 5) is 10.2. The number of nitrogens with zero attached hydrogens (tertiary/aromatic N) is 2. The minimum Gasteiger partial charge on any atom is -0.326 e. The van der Waals surface area contributed by atoms with Crippen molar-refractivity contribution < 1.29 is 9.18 Å². The van der Waals surface area contributed by atoms with Gasteiger partial charge in [-0.3, -0.25) is 4.79 Å². The van der Waals surface area contributed by atoms with Crippen molar-refractivity contribution in [2.45, 2.75) is 0 Å². The maximum atomic E-state index is 12.6. The first-order chi connectivity index (χ1) is 7.29. The molecule has 0 saturated heterocycles. The van der Waals surface area contributed by atoms with Crippen LogP contribution in [-0.4, -0.2) is 16.2 Å². The van der Waals surface area contributed by atoms with Gasteiger partial charge in [-0.15, -0.1) is 0 Å². The predicted molar refractivity (Wildman–Crippen MR) is 53.2 cm³/mol. The summed E-state index contributed by atoms with van der Waals surface area (Å²) < 4.78 is 14.2. The number of carbonyl (C=O) groups is 1. The van der Waals surface area contributed by atoms with E-state index in [0.717, 1.165) is 5.69 Å². The van der Waals surface area contributed by atoms with E-state index in [0.29, 0.717) is 12.1 Å². The number of carbonyl (C=O) groups excluding carboxylic acids is 1. The van der Waals surface area contributed by atoms with Crippen molar-refractivity contribution >= 4 is 12.1 Å². The van der Waals surface area contributed by atoms with Gasteiger partial charge < -0.3 is 5.32 Å². The standard InChI is InChI=1S/C10H8FN3O/c11-8-1-3-10(4-2-8)14-6-9(5-13-14)12-7-15/h1-7H,(H,12,15). The second-order valence-corrected chi connectivity index (χ2v) is 2.91. The molecule has 0 bridgehead atoms. The van der Waals surface area contributed by atoms with E-state index in [1.165, 1.54) is 18.3 Å². The smallest absolute Gasteiger partial charge is 0.211 e. The third-order valence-corrected chi connectivity index (χ3v) is 1.90. The summed E-state index contributed by atoms with van der Waals surface area (Å²) in [6.07, 6.45) is 3.73. The van der Waals surface area contributed by atoms with Crippen LogP contribution in [0, 0.1) is 5.82 Å². The predicted octanol–water partition coefficient (Wildman–Crippen LogP) is 1.58. The van der Waals surface area contributed by atoms with Crippen LogP contribution in [0.25, 0.3) is 5.69 Å². The Morgan fingerprint density at radius 3 is 2.73 bits per heavy atom. The van der Waals surface area contributed by atoms with Gasteiger partial charge in [0.25, 0.3) is 0 Å². The van der Waals surface area contributed by atoms with Crippen LogP contribution in [-0.2, 0) is 4.79 Å². The summed E-state index contributed by atoms with van der Waals surface area (Å²) in [5, 5.41) is 6.48. The molecule has 4 nitrogen and oxygen atoms in total. The molecule has 2 rings (SSSR count). The second-order valence-electron chi connectivity index (χ2n) is 2.91. The first-order valence-electron chi connectivity index (χ1n) is 4.30. The molecule has 2 aromatic rings. The Morgan fingerprint density at radius 2 is 2.07 bits per heavy atom. The summed E-state index contributed by atoms with van der Waals surface area (Å²) >= 11 is 0. The van der Waals surface area contributed by atoms with E-state index in [1.54, 1.807) is 23.0 Å². The van der Waals surface area contributed by atoms with Crippen LogP contribution in [0.2, 0.25) is 0 Å². The Morgan fingerprint density at radius 1 is 1.33 bits per heavy atom. The summed E-state index contributed by atoms with van der Waals surface area (Å²) in [5.41, 5.74) is 1.32. The molecule has 0 aliphatic heterocycles.